The zero-order valence-corrected chi connectivity index (χ0v) is 10.8. The maximum atomic E-state index is 11.6. The summed E-state index contributed by atoms with van der Waals surface area (Å²) in [6.45, 7) is 0. The molecule has 16 heavy (non-hydrogen) atoms. The molecule has 0 aromatic heterocycles. The summed E-state index contributed by atoms with van der Waals surface area (Å²) in [7, 11) is 1.49. The van der Waals surface area contributed by atoms with Crippen molar-refractivity contribution in [2.75, 3.05) is 7.05 Å². The molecule has 1 aliphatic rings. The minimum Gasteiger partial charge on any atom is -0.272 e. The molecule has 1 aromatic carbocycles. The number of thioether (sulfide) groups is 1. The highest BCUT2D eigenvalue weighted by Gasteiger charge is 2.31. The number of likely N-dealkylation sites (N-methyl/N-ethyl adjacent to an activating group) is 1. The van der Waals surface area contributed by atoms with Crippen LogP contribution < -0.4 is 0 Å². The second kappa shape index (κ2) is 4.43. The van der Waals surface area contributed by atoms with Crippen LogP contribution in [0.4, 0.5) is 4.79 Å². The number of hydrogen-bond acceptors (Lipinski definition) is 3. The SMILES string of the molecule is CN1C(=O)S/C(=C/c2ccc(Br)cc2)C1=O. The van der Waals surface area contributed by atoms with Gasteiger partial charge in [0, 0.05) is 11.5 Å². The molecule has 1 heterocycles. The fraction of sp³-hybridized carbons (Fsp3) is 0.0909. The van der Waals surface area contributed by atoms with Gasteiger partial charge in [0.2, 0.25) is 0 Å². The summed E-state index contributed by atoms with van der Waals surface area (Å²) >= 11 is 4.30. The van der Waals surface area contributed by atoms with Crippen molar-refractivity contribution in [3.8, 4) is 0 Å². The quantitative estimate of drug-likeness (QED) is 0.748. The summed E-state index contributed by atoms with van der Waals surface area (Å²) in [6, 6.07) is 7.55. The first kappa shape index (κ1) is 11.4. The Labute approximate surface area is 106 Å². The largest absolute Gasteiger partial charge is 0.293 e. The third kappa shape index (κ3) is 2.20. The van der Waals surface area contributed by atoms with E-state index in [0.717, 1.165) is 26.7 Å². The van der Waals surface area contributed by atoms with Gasteiger partial charge in [0.15, 0.2) is 0 Å². The molecule has 1 aliphatic heterocycles. The standard InChI is InChI=1S/C11H8BrNO2S/c1-13-10(14)9(16-11(13)15)6-7-2-4-8(12)5-3-7/h2-6H,1H3/b9-6+. The van der Waals surface area contributed by atoms with Crippen LogP contribution >= 0.6 is 27.7 Å². The van der Waals surface area contributed by atoms with Crippen LogP contribution in [-0.4, -0.2) is 23.1 Å². The Morgan fingerprint density at radius 3 is 2.38 bits per heavy atom. The van der Waals surface area contributed by atoms with Crippen LogP contribution in [0, 0.1) is 0 Å². The Balaban J connectivity index is 2.29. The number of imide groups is 1. The fourth-order valence-electron chi connectivity index (χ4n) is 1.26. The van der Waals surface area contributed by atoms with E-state index >= 15 is 0 Å². The smallest absolute Gasteiger partial charge is 0.272 e. The van der Waals surface area contributed by atoms with Crippen LogP contribution in [0.15, 0.2) is 33.6 Å². The van der Waals surface area contributed by atoms with Crippen molar-refractivity contribution in [2.45, 2.75) is 0 Å². The van der Waals surface area contributed by atoms with Gasteiger partial charge >= 0.3 is 0 Å². The predicted octanol–water partition coefficient (Wildman–Crippen LogP) is 3.12. The lowest BCUT2D eigenvalue weighted by molar-refractivity contribution is -0.121. The van der Waals surface area contributed by atoms with E-state index in [1.54, 1.807) is 6.08 Å². The van der Waals surface area contributed by atoms with Crippen molar-refractivity contribution in [3.63, 3.8) is 0 Å². The number of benzene rings is 1. The fourth-order valence-corrected chi connectivity index (χ4v) is 2.35. The lowest BCUT2D eigenvalue weighted by Gasteiger charge is -2.00. The second-order valence-corrected chi connectivity index (χ2v) is 5.20. The summed E-state index contributed by atoms with van der Waals surface area (Å²) in [5, 5.41) is -0.228. The Kier molecular flexibility index (Phi) is 3.16. The monoisotopic (exact) mass is 297 g/mol. The van der Waals surface area contributed by atoms with Crippen LogP contribution in [0.1, 0.15) is 5.56 Å². The molecule has 0 spiro atoms. The van der Waals surface area contributed by atoms with Gasteiger partial charge in [-0.1, -0.05) is 28.1 Å². The number of rotatable bonds is 1. The summed E-state index contributed by atoms with van der Waals surface area (Å²) in [4.78, 5) is 24.4. The molecule has 3 nitrogen and oxygen atoms in total. The first-order chi connectivity index (χ1) is 7.58. The third-order valence-electron chi connectivity index (χ3n) is 2.15. The Morgan fingerprint density at radius 2 is 1.88 bits per heavy atom. The number of amides is 2. The van der Waals surface area contributed by atoms with Gasteiger partial charge in [0.1, 0.15) is 0 Å². The van der Waals surface area contributed by atoms with Crippen LogP contribution in [0.3, 0.4) is 0 Å². The molecule has 2 amide bonds. The van der Waals surface area contributed by atoms with Crippen molar-refractivity contribution >= 4 is 44.9 Å². The molecule has 0 bridgehead atoms. The first-order valence-corrected chi connectivity index (χ1v) is 6.16. The van der Waals surface area contributed by atoms with Gasteiger partial charge in [-0.3, -0.25) is 14.5 Å². The van der Waals surface area contributed by atoms with Gasteiger partial charge < -0.3 is 0 Å². The van der Waals surface area contributed by atoms with Gasteiger partial charge in [0.05, 0.1) is 4.91 Å². The van der Waals surface area contributed by atoms with E-state index in [2.05, 4.69) is 15.9 Å². The number of hydrogen-bond donors (Lipinski definition) is 0. The normalized spacial score (nSPS) is 18.6. The Morgan fingerprint density at radius 1 is 1.25 bits per heavy atom. The first-order valence-electron chi connectivity index (χ1n) is 4.55. The topological polar surface area (TPSA) is 37.4 Å². The van der Waals surface area contributed by atoms with Gasteiger partial charge in [-0.2, -0.15) is 0 Å². The van der Waals surface area contributed by atoms with Crippen LogP contribution in [0.25, 0.3) is 6.08 Å². The lowest BCUT2D eigenvalue weighted by atomic mass is 10.2. The summed E-state index contributed by atoms with van der Waals surface area (Å²) < 4.78 is 0.980. The van der Waals surface area contributed by atoms with Crippen LogP contribution in [0.5, 0.6) is 0 Å². The Hall–Kier alpha value is -1.07. The number of halogens is 1. The van der Waals surface area contributed by atoms with E-state index < -0.39 is 0 Å². The lowest BCUT2D eigenvalue weighted by Crippen LogP contribution is -2.22. The molecule has 0 radical (unpaired) electrons. The van der Waals surface area contributed by atoms with E-state index in [4.69, 9.17) is 0 Å². The van der Waals surface area contributed by atoms with Gasteiger partial charge in [-0.15, -0.1) is 0 Å². The summed E-state index contributed by atoms with van der Waals surface area (Å²) in [5.74, 6) is -0.238. The zero-order chi connectivity index (χ0) is 11.7. The third-order valence-corrected chi connectivity index (χ3v) is 3.64. The highest BCUT2D eigenvalue weighted by molar-refractivity contribution is 9.10. The molecule has 5 heteroatoms. The Bertz CT molecular complexity index is 481. The molecule has 0 N–H and O–H groups in total. The molecule has 2 rings (SSSR count). The second-order valence-electron chi connectivity index (χ2n) is 3.29. The highest BCUT2D eigenvalue weighted by Crippen LogP contribution is 2.30. The minimum absolute atomic E-state index is 0.228. The van der Waals surface area contributed by atoms with Crippen molar-refractivity contribution in [1.82, 2.24) is 4.90 Å². The number of nitrogens with zero attached hydrogens (tertiary/aromatic N) is 1. The van der Waals surface area contributed by atoms with Crippen molar-refractivity contribution in [1.29, 1.82) is 0 Å². The van der Waals surface area contributed by atoms with E-state index in [1.165, 1.54) is 7.05 Å². The van der Waals surface area contributed by atoms with E-state index in [0.29, 0.717) is 4.91 Å². The molecule has 0 saturated carbocycles. The van der Waals surface area contributed by atoms with E-state index in [1.807, 2.05) is 24.3 Å². The average molecular weight is 298 g/mol. The molecular formula is C11H8BrNO2S. The maximum absolute atomic E-state index is 11.6. The molecular weight excluding hydrogens is 290 g/mol. The zero-order valence-electron chi connectivity index (χ0n) is 8.44. The average Bonchev–Trinajstić information content (AvgIpc) is 2.50. The van der Waals surface area contributed by atoms with Crippen LogP contribution in [-0.2, 0) is 4.79 Å². The van der Waals surface area contributed by atoms with Crippen molar-refractivity contribution < 1.29 is 9.59 Å². The highest BCUT2D eigenvalue weighted by atomic mass is 79.9. The van der Waals surface area contributed by atoms with Gasteiger partial charge in [-0.05, 0) is 35.5 Å². The minimum atomic E-state index is -0.238. The molecule has 0 aliphatic carbocycles. The predicted molar refractivity (Wildman–Crippen MR) is 67.9 cm³/mol. The number of carbonyl (C=O) groups excluding carboxylic acids is 2. The number of carbonyl (C=O) groups is 2. The molecule has 82 valence electrons. The van der Waals surface area contributed by atoms with Gasteiger partial charge in [-0.25, -0.2) is 0 Å². The molecule has 1 aromatic rings. The maximum Gasteiger partial charge on any atom is 0.293 e. The van der Waals surface area contributed by atoms with Gasteiger partial charge in [0.25, 0.3) is 11.1 Å². The van der Waals surface area contributed by atoms with Crippen LogP contribution in [0.2, 0.25) is 0 Å². The van der Waals surface area contributed by atoms with Crippen molar-refractivity contribution in [2.24, 2.45) is 0 Å². The van der Waals surface area contributed by atoms with E-state index in [-0.39, 0.29) is 11.1 Å². The van der Waals surface area contributed by atoms with E-state index in [9.17, 15) is 9.59 Å². The molecule has 0 unspecified atom stereocenters. The summed E-state index contributed by atoms with van der Waals surface area (Å²) in [5.41, 5.74) is 0.905. The molecule has 1 fully saturated rings. The molecule has 0 atom stereocenters. The van der Waals surface area contributed by atoms with Crippen molar-refractivity contribution in [3.05, 3.63) is 39.2 Å². The molecule has 1 saturated heterocycles. The summed E-state index contributed by atoms with van der Waals surface area (Å²) in [6.07, 6.45) is 1.72.